The summed E-state index contributed by atoms with van der Waals surface area (Å²) in [6.07, 6.45) is 0. The summed E-state index contributed by atoms with van der Waals surface area (Å²) >= 11 is 1.74. The number of hydrogen-bond acceptors (Lipinski definition) is 5. The van der Waals surface area contributed by atoms with E-state index in [2.05, 4.69) is 47.1 Å². The molecule has 1 aliphatic rings. The third-order valence-electron chi connectivity index (χ3n) is 3.91. The molecule has 2 aromatic rings. The highest BCUT2D eigenvalue weighted by Crippen LogP contribution is 2.30. The van der Waals surface area contributed by atoms with Gasteiger partial charge >= 0.3 is 0 Å². The minimum absolute atomic E-state index is 0.0712. The molecule has 1 aliphatic heterocycles. The van der Waals surface area contributed by atoms with Crippen molar-refractivity contribution in [2.45, 2.75) is 19.9 Å². The summed E-state index contributed by atoms with van der Waals surface area (Å²) in [5.74, 6) is 0. The first-order chi connectivity index (χ1) is 10.1. The van der Waals surface area contributed by atoms with Crippen molar-refractivity contribution in [2.75, 3.05) is 36.0 Å². The molecule has 1 atom stereocenters. The van der Waals surface area contributed by atoms with Gasteiger partial charge in [-0.25, -0.2) is 4.98 Å². The Balaban J connectivity index is 1.67. The van der Waals surface area contributed by atoms with Crippen LogP contribution in [-0.4, -0.2) is 31.2 Å². The van der Waals surface area contributed by atoms with Crippen molar-refractivity contribution < 1.29 is 0 Å². The molecule has 0 bridgehead atoms. The van der Waals surface area contributed by atoms with Crippen LogP contribution in [0.2, 0.25) is 0 Å². The van der Waals surface area contributed by atoms with Crippen LogP contribution in [0.4, 0.5) is 10.8 Å². The molecule has 1 fully saturated rings. The second-order valence-corrected chi connectivity index (χ2v) is 6.55. The summed E-state index contributed by atoms with van der Waals surface area (Å²) in [7, 11) is 0. The number of anilines is 2. The van der Waals surface area contributed by atoms with Crippen molar-refractivity contribution in [1.29, 1.82) is 0 Å². The van der Waals surface area contributed by atoms with E-state index in [1.165, 1.54) is 10.6 Å². The van der Waals surface area contributed by atoms with Crippen LogP contribution in [0.25, 0.3) is 0 Å². The van der Waals surface area contributed by atoms with Crippen LogP contribution in [0.3, 0.4) is 0 Å². The van der Waals surface area contributed by atoms with Gasteiger partial charge in [0.15, 0.2) is 5.13 Å². The average Bonchev–Trinajstić information content (AvgIpc) is 2.90. The number of aromatic nitrogens is 1. The van der Waals surface area contributed by atoms with Gasteiger partial charge in [-0.1, -0.05) is 18.2 Å². The number of piperazine rings is 1. The fourth-order valence-electron chi connectivity index (χ4n) is 2.75. The summed E-state index contributed by atoms with van der Waals surface area (Å²) in [5, 5.41) is 1.12. The summed E-state index contributed by atoms with van der Waals surface area (Å²) in [5.41, 5.74) is 8.39. The summed E-state index contributed by atoms with van der Waals surface area (Å²) in [6, 6.07) is 10.7. The van der Waals surface area contributed by atoms with Crippen LogP contribution in [0.15, 0.2) is 30.3 Å². The summed E-state index contributed by atoms with van der Waals surface area (Å²) in [4.78, 5) is 10.7. The minimum atomic E-state index is 0.0712. The molecule has 0 radical (unpaired) electrons. The maximum absolute atomic E-state index is 6.00. The van der Waals surface area contributed by atoms with Crippen LogP contribution in [0, 0.1) is 6.92 Å². The predicted octanol–water partition coefficient (Wildman–Crippen LogP) is 2.80. The van der Waals surface area contributed by atoms with Crippen molar-refractivity contribution in [2.24, 2.45) is 5.73 Å². The van der Waals surface area contributed by atoms with E-state index in [0.29, 0.717) is 0 Å². The van der Waals surface area contributed by atoms with Gasteiger partial charge < -0.3 is 15.5 Å². The normalized spacial score (nSPS) is 17.1. The van der Waals surface area contributed by atoms with Crippen LogP contribution >= 0.6 is 11.3 Å². The van der Waals surface area contributed by atoms with Gasteiger partial charge in [-0.15, -0.1) is 11.3 Å². The van der Waals surface area contributed by atoms with E-state index in [1.54, 1.807) is 11.3 Å². The molecule has 1 unspecified atom stereocenters. The molecule has 0 aliphatic carbocycles. The van der Waals surface area contributed by atoms with Crippen molar-refractivity contribution in [3.05, 3.63) is 40.9 Å². The fourth-order valence-corrected chi connectivity index (χ4v) is 3.82. The molecular formula is C16H22N4S. The number of nitrogens with zero attached hydrogens (tertiary/aromatic N) is 3. The lowest BCUT2D eigenvalue weighted by atomic mass is 10.2. The van der Waals surface area contributed by atoms with Gasteiger partial charge in [-0.2, -0.15) is 0 Å². The summed E-state index contributed by atoms with van der Waals surface area (Å²) < 4.78 is 0. The molecule has 0 spiro atoms. The van der Waals surface area contributed by atoms with Crippen LogP contribution in [0.1, 0.15) is 23.5 Å². The smallest absolute Gasteiger partial charge is 0.185 e. The molecular weight excluding hydrogens is 280 g/mol. The van der Waals surface area contributed by atoms with E-state index >= 15 is 0 Å². The first kappa shape index (κ1) is 14.4. The van der Waals surface area contributed by atoms with E-state index < -0.39 is 0 Å². The Morgan fingerprint density at radius 3 is 2.29 bits per heavy atom. The van der Waals surface area contributed by atoms with Crippen LogP contribution < -0.4 is 15.5 Å². The van der Waals surface area contributed by atoms with Gasteiger partial charge in [0, 0.05) is 42.8 Å². The quantitative estimate of drug-likeness (QED) is 0.947. The maximum atomic E-state index is 6.00. The van der Waals surface area contributed by atoms with Crippen molar-refractivity contribution in [1.82, 2.24) is 4.98 Å². The van der Waals surface area contributed by atoms with Gasteiger partial charge in [0.2, 0.25) is 0 Å². The molecule has 21 heavy (non-hydrogen) atoms. The maximum Gasteiger partial charge on any atom is 0.185 e. The number of nitrogens with two attached hydrogens (primary N) is 1. The molecule has 2 N–H and O–H groups in total. The highest BCUT2D eigenvalue weighted by atomic mass is 32.1. The minimum Gasteiger partial charge on any atom is -0.368 e. The van der Waals surface area contributed by atoms with Gasteiger partial charge in [0.25, 0.3) is 0 Å². The fraction of sp³-hybridized carbons (Fsp3) is 0.438. The number of benzene rings is 1. The first-order valence-corrected chi connectivity index (χ1v) is 8.24. The van der Waals surface area contributed by atoms with Crippen molar-refractivity contribution >= 4 is 22.2 Å². The topological polar surface area (TPSA) is 45.4 Å². The Hall–Kier alpha value is -1.59. The second kappa shape index (κ2) is 6.03. The van der Waals surface area contributed by atoms with Gasteiger partial charge in [0.1, 0.15) is 0 Å². The Morgan fingerprint density at radius 2 is 1.71 bits per heavy atom. The highest BCUT2D eigenvalue weighted by Gasteiger charge is 2.21. The lowest BCUT2D eigenvalue weighted by molar-refractivity contribution is 0.651. The lowest BCUT2D eigenvalue weighted by Crippen LogP contribution is -2.46. The van der Waals surface area contributed by atoms with Crippen molar-refractivity contribution in [3.63, 3.8) is 0 Å². The number of aryl methyl sites for hydroxylation is 1. The molecule has 4 nitrogen and oxygen atoms in total. The van der Waals surface area contributed by atoms with E-state index in [9.17, 15) is 0 Å². The molecule has 0 amide bonds. The van der Waals surface area contributed by atoms with Gasteiger partial charge in [-0.05, 0) is 26.0 Å². The van der Waals surface area contributed by atoms with E-state index in [1.807, 2.05) is 6.92 Å². The van der Waals surface area contributed by atoms with Gasteiger partial charge in [-0.3, -0.25) is 0 Å². The lowest BCUT2D eigenvalue weighted by Gasteiger charge is -2.36. The SMILES string of the molecule is Cc1nc(N2CCN(c3ccccc3)CC2)sc1C(C)N. The van der Waals surface area contributed by atoms with E-state index in [-0.39, 0.29) is 6.04 Å². The Morgan fingerprint density at radius 1 is 1.10 bits per heavy atom. The molecule has 1 saturated heterocycles. The molecule has 3 rings (SSSR count). The first-order valence-electron chi connectivity index (χ1n) is 7.43. The number of hydrogen-bond donors (Lipinski definition) is 1. The van der Waals surface area contributed by atoms with E-state index in [4.69, 9.17) is 10.7 Å². The predicted molar refractivity (Wildman–Crippen MR) is 90.3 cm³/mol. The zero-order chi connectivity index (χ0) is 14.8. The van der Waals surface area contributed by atoms with Crippen molar-refractivity contribution in [3.8, 4) is 0 Å². The molecule has 2 heterocycles. The Labute approximate surface area is 130 Å². The highest BCUT2D eigenvalue weighted by molar-refractivity contribution is 7.15. The van der Waals surface area contributed by atoms with Gasteiger partial charge in [0.05, 0.1) is 5.69 Å². The summed E-state index contributed by atoms with van der Waals surface area (Å²) in [6.45, 7) is 8.18. The molecule has 1 aromatic heterocycles. The number of para-hydroxylation sites is 1. The number of rotatable bonds is 3. The third kappa shape index (κ3) is 3.04. The largest absolute Gasteiger partial charge is 0.368 e. The Kier molecular flexibility index (Phi) is 4.12. The number of thiazole rings is 1. The zero-order valence-electron chi connectivity index (χ0n) is 12.6. The Bertz CT molecular complexity index is 586. The molecule has 112 valence electrons. The standard InChI is InChI=1S/C16H22N4S/c1-12(17)15-13(2)18-16(21-15)20-10-8-19(9-11-20)14-6-4-3-5-7-14/h3-7,12H,8-11,17H2,1-2H3. The monoisotopic (exact) mass is 302 g/mol. The average molecular weight is 302 g/mol. The van der Waals surface area contributed by atoms with Crippen LogP contribution in [0.5, 0.6) is 0 Å². The third-order valence-corrected chi connectivity index (χ3v) is 5.33. The molecule has 1 aromatic carbocycles. The molecule has 0 saturated carbocycles. The second-order valence-electron chi connectivity index (χ2n) is 5.54. The zero-order valence-corrected chi connectivity index (χ0v) is 13.4. The molecule has 5 heteroatoms. The van der Waals surface area contributed by atoms with Crippen LogP contribution in [-0.2, 0) is 0 Å². The van der Waals surface area contributed by atoms with E-state index in [0.717, 1.165) is 37.0 Å².